The average molecular weight is 297 g/mol. The summed E-state index contributed by atoms with van der Waals surface area (Å²) in [5, 5.41) is 3.33. The van der Waals surface area contributed by atoms with E-state index < -0.39 is 0 Å². The van der Waals surface area contributed by atoms with Gasteiger partial charge in [0, 0.05) is 32.7 Å². The molecule has 5 nitrogen and oxygen atoms in total. The molecule has 0 radical (unpaired) electrons. The smallest absolute Gasteiger partial charge is 0.274 e. The Bertz CT molecular complexity index is 494. The topological polar surface area (TPSA) is 48.5 Å². The number of nitrogens with one attached hydrogen (secondary N) is 1. The fourth-order valence-electron chi connectivity index (χ4n) is 2.53. The van der Waals surface area contributed by atoms with E-state index in [1.54, 1.807) is 19.2 Å². The first-order valence-electron chi connectivity index (χ1n) is 6.94. The lowest BCUT2D eigenvalue weighted by atomic mass is 10.1. The van der Waals surface area contributed by atoms with Gasteiger partial charge in [-0.25, -0.2) is 4.98 Å². The van der Waals surface area contributed by atoms with Crippen LogP contribution >= 0.6 is 11.6 Å². The third-order valence-electron chi connectivity index (χ3n) is 3.76. The molecule has 1 aromatic rings. The molecule has 1 atom stereocenters. The highest BCUT2D eigenvalue weighted by atomic mass is 35.5. The second kappa shape index (κ2) is 6.41. The van der Waals surface area contributed by atoms with Gasteiger partial charge in [-0.2, -0.15) is 0 Å². The number of likely N-dealkylation sites (N-methyl/N-ethyl adjacent to an activating group) is 1. The number of nitrogens with zero attached hydrogens (tertiary/aromatic N) is 3. The molecule has 1 aromatic heterocycles. The molecule has 0 saturated carbocycles. The predicted octanol–water partition coefficient (Wildman–Crippen LogP) is 1.94. The number of anilines is 1. The summed E-state index contributed by atoms with van der Waals surface area (Å²) in [6.45, 7) is 7.63. The van der Waals surface area contributed by atoms with Crippen molar-refractivity contribution in [3.63, 3.8) is 0 Å². The number of pyridine rings is 1. The number of rotatable bonds is 3. The molecule has 1 saturated heterocycles. The van der Waals surface area contributed by atoms with E-state index in [1.165, 1.54) is 0 Å². The van der Waals surface area contributed by atoms with Crippen molar-refractivity contribution >= 4 is 23.3 Å². The molecule has 6 heteroatoms. The van der Waals surface area contributed by atoms with E-state index in [0.29, 0.717) is 29.1 Å². The maximum absolute atomic E-state index is 12.6. The number of amides is 1. The van der Waals surface area contributed by atoms with E-state index in [4.69, 9.17) is 11.6 Å². The van der Waals surface area contributed by atoms with Gasteiger partial charge in [0.25, 0.3) is 5.91 Å². The Labute approximate surface area is 124 Å². The van der Waals surface area contributed by atoms with Gasteiger partial charge in [0.15, 0.2) is 0 Å². The van der Waals surface area contributed by atoms with Crippen molar-refractivity contribution in [3.8, 4) is 0 Å². The van der Waals surface area contributed by atoms with Gasteiger partial charge in [0.1, 0.15) is 11.5 Å². The van der Waals surface area contributed by atoms with E-state index in [-0.39, 0.29) is 5.91 Å². The largest absolute Gasteiger partial charge is 0.373 e. The van der Waals surface area contributed by atoms with Gasteiger partial charge in [-0.15, -0.1) is 0 Å². The highest BCUT2D eigenvalue weighted by molar-refractivity contribution is 6.33. The monoisotopic (exact) mass is 296 g/mol. The van der Waals surface area contributed by atoms with Crippen molar-refractivity contribution < 1.29 is 4.79 Å². The summed E-state index contributed by atoms with van der Waals surface area (Å²) in [6, 6.07) is 3.83. The van der Waals surface area contributed by atoms with Crippen LogP contribution in [-0.4, -0.2) is 60.0 Å². The van der Waals surface area contributed by atoms with E-state index in [0.717, 1.165) is 19.6 Å². The van der Waals surface area contributed by atoms with Crippen LogP contribution in [0, 0.1) is 0 Å². The Morgan fingerprint density at radius 2 is 2.25 bits per heavy atom. The summed E-state index contributed by atoms with van der Waals surface area (Å²) in [4.78, 5) is 21.0. The maximum atomic E-state index is 12.6. The molecule has 1 aliphatic rings. The van der Waals surface area contributed by atoms with Gasteiger partial charge >= 0.3 is 0 Å². The first-order valence-corrected chi connectivity index (χ1v) is 7.32. The van der Waals surface area contributed by atoms with Crippen LogP contribution in [0.1, 0.15) is 24.3 Å². The molecule has 2 rings (SSSR count). The number of halogens is 1. The third-order valence-corrected chi connectivity index (χ3v) is 4.07. The predicted molar refractivity (Wildman–Crippen MR) is 81.4 cm³/mol. The normalized spacial score (nSPS) is 20.0. The van der Waals surface area contributed by atoms with Crippen LogP contribution in [0.2, 0.25) is 5.02 Å². The molecular weight excluding hydrogens is 276 g/mol. The highest BCUT2D eigenvalue weighted by Crippen LogP contribution is 2.20. The number of carbonyl (C=O) groups is 1. The van der Waals surface area contributed by atoms with Crippen LogP contribution in [0.3, 0.4) is 0 Å². The van der Waals surface area contributed by atoms with Crippen molar-refractivity contribution in [2.45, 2.75) is 19.9 Å². The molecule has 0 aromatic carbocycles. The first kappa shape index (κ1) is 15.1. The molecular formula is C14H21ClN4O. The lowest BCUT2D eigenvalue weighted by Gasteiger charge is -2.39. The summed E-state index contributed by atoms with van der Waals surface area (Å²) in [7, 11) is 1.77. The van der Waals surface area contributed by atoms with Crippen LogP contribution < -0.4 is 5.32 Å². The van der Waals surface area contributed by atoms with Gasteiger partial charge in [0.2, 0.25) is 0 Å². The minimum Gasteiger partial charge on any atom is -0.373 e. The van der Waals surface area contributed by atoms with Crippen LogP contribution in [0.25, 0.3) is 0 Å². The molecule has 0 bridgehead atoms. The van der Waals surface area contributed by atoms with E-state index in [2.05, 4.69) is 29.0 Å². The summed E-state index contributed by atoms with van der Waals surface area (Å²) < 4.78 is 0. The molecule has 110 valence electrons. The van der Waals surface area contributed by atoms with E-state index in [1.807, 2.05) is 4.90 Å². The fourth-order valence-corrected chi connectivity index (χ4v) is 2.72. The number of hydrogen-bond acceptors (Lipinski definition) is 4. The summed E-state index contributed by atoms with van der Waals surface area (Å²) in [5.74, 6) is 0.563. The van der Waals surface area contributed by atoms with Gasteiger partial charge in [-0.1, -0.05) is 18.5 Å². The second-order valence-electron chi connectivity index (χ2n) is 5.01. The van der Waals surface area contributed by atoms with Crippen LogP contribution in [0.4, 0.5) is 5.82 Å². The Kier molecular flexibility index (Phi) is 4.83. The Balaban J connectivity index is 2.16. The molecule has 1 N–H and O–H groups in total. The standard InChI is InChI=1S/C14H21ClN4O/c1-4-18-7-8-19(9-10(18)2)14(20)13-11(15)5-6-12(16-3)17-13/h5-6,10H,4,7-9H2,1-3H3,(H,16,17). The number of aromatic nitrogens is 1. The summed E-state index contributed by atoms with van der Waals surface area (Å²) >= 11 is 6.11. The van der Waals surface area contributed by atoms with Gasteiger partial charge in [-0.05, 0) is 25.6 Å². The van der Waals surface area contributed by atoms with E-state index >= 15 is 0 Å². The lowest BCUT2D eigenvalue weighted by Crippen LogP contribution is -2.53. The third kappa shape index (κ3) is 3.04. The molecule has 2 heterocycles. The Morgan fingerprint density at radius 3 is 2.85 bits per heavy atom. The quantitative estimate of drug-likeness (QED) is 0.926. The molecule has 1 unspecified atom stereocenters. The minimum atomic E-state index is -0.0882. The minimum absolute atomic E-state index is 0.0882. The average Bonchev–Trinajstić information content (AvgIpc) is 2.47. The molecule has 1 aliphatic heterocycles. The van der Waals surface area contributed by atoms with Crippen molar-refractivity contribution in [1.29, 1.82) is 0 Å². The Hall–Kier alpha value is -1.33. The summed E-state index contributed by atoms with van der Waals surface area (Å²) in [5.41, 5.74) is 0.329. The van der Waals surface area contributed by atoms with Gasteiger partial charge in [-0.3, -0.25) is 9.69 Å². The SMILES string of the molecule is CCN1CCN(C(=O)c2nc(NC)ccc2Cl)CC1C. The van der Waals surface area contributed by atoms with Crippen molar-refractivity contribution in [3.05, 3.63) is 22.8 Å². The first-order chi connectivity index (χ1) is 9.56. The van der Waals surface area contributed by atoms with Crippen LogP contribution in [-0.2, 0) is 0 Å². The number of hydrogen-bond donors (Lipinski definition) is 1. The maximum Gasteiger partial charge on any atom is 0.274 e. The van der Waals surface area contributed by atoms with E-state index in [9.17, 15) is 4.79 Å². The second-order valence-corrected chi connectivity index (χ2v) is 5.41. The van der Waals surface area contributed by atoms with Gasteiger partial charge in [0.05, 0.1) is 5.02 Å². The zero-order chi connectivity index (χ0) is 14.7. The Morgan fingerprint density at radius 1 is 1.50 bits per heavy atom. The fraction of sp³-hybridized carbons (Fsp3) is 0.571. The molecule has 1 fully saturated rings. The molecule has 0 spiro atoms. The highest BCUT2D eigenvalue weighted by Gasteiger charge is 2.28. The molecule has 0 aliphatic carbocycles. The van der Waals surface area contributed by atoms with Crippen molar-refractivity contribution in [1.82, 2.24) is 14.8 Å². The number of carbonyl (C=O) groups excluding carboxylic acids is 1. The van der Waals surface area contributed by atoms with Crippen LogP contribution in [0.15, 0.2) is 12.1 Å². The summed E-state index contributed by atoms with van der Waals surface area (Å²) in [6.07, 6.45) is 0. The molecule has 20 heavy (non-hydrogen) atoms. The van der Waals surface area contributed by atoms with Crippen molar-refractivity contribution in [2.24, 2.45) is 0 Å². The zero-order valence-electron chi connectivity index (χ0n) is 12.2. The zero-order valence-corrected chi connectivity index (χ0v) is 12.9. The van der Waals surface area contributed by atoms with Crippen molar-refractivity contribution in [2.75, 3.05) is 38.5 Å². The van der Waals surface area contributed by atoms with Crippen LogP contribution in [0.5, 0.6) is 0 Å². The molecule has 1 amide bonds. The number of piperazine rings is 1. The van der Waals surface area contributed by atoms with Gasteiger partial charge < -0.3 is 10.2 Å². The lowest BCUT2D eigenvalue weighted by molar-refractivity contribution is 0.0523.